The summed E-state index contributed by atoms with van der Waals surface area (Å²) in [4.78, 5) is 52.1. The Labute approximate surface area is 212 Å². The maximum Gasteiger partial charge on any atom is 0.338 e. The third kappa shape index (κ3) is 3.91. The first-order valence-electron chi connectivity index (χ1n) is 11.5. The van der Waals surface area contributed by atoms with Gasteiger partial charge in [-0.3, -0.25) is 19.3 Å². The largest absolute Gasteiger partial charge is 0.452 e. The van der Waals surface area contributed by atoms with Crippen LogP contribution >= 0.6 is 23.2 Å². The number of para-hydroxylation sites is 1. The molecule has 2 aromatic carbocycles. The molecule has 0 spiro atoms. The molecule has 3 fully saturated rings. The zero-order valence-electron chi connectivity index (χ0n) is 19.2. The number of imide groups is 1. The lowest BCUT2D eigenvalue weighted by molar-refractivity contribution is -0.123. The van der Waals surface area contributed by atoms with Crippen molar-refractivity contribution in [2.75, 3.05) is 16.8 Å². The molecule has 1 saturated heterocycles. The maximum absolute atomic E-state index is 13.1. The fourth-order valence-corrected chi connectivity index (χ4v) is 6.64. The second kappa shape index (κ2) is 8.95. The number of alkyl halides is 2. The number of ether oxygens (including phenoxy) is 1. The van der Waals surface area contributed by atoms with Crippen molar-refractivity contribution in [1.82, 2.24) is 0 Å². The van der Waals surface area contributed by atoms with Crippen LogP contribution < -0.4 is 10.2 Å². The minimum Gasteiger partial charge on any atom is -0.452 e. The van der Waals surface area contributed by atoms with E-state index in [0.29, 0.717) is 17.8 Å². The second-order valence-electron chi connectivity index (χ2n) is 9.45. The minimum absolute atomic E-state index is 0.0977. The molecule has 6 atom stereocenters. The molecule has 1 N–H and O–H groups in total. The normalized spacial score (nSPS) is 28.9. The number of rotatable bonds is 5. The Kier molecular flexibility index (Phi) is 6.09. The van der Waals surface area contributed by atoms with Crippen LogP contribution in [0.1, 0.15) is 27.9 Å². The van der Waals surface area contributed by atoms with E-state index in [-0.39, 0.29) is 40.0 Å². The van der Waals surface area contributed by atoms with Crippen molar-refractivity contribution >= 4 is 58.3 Å². The topological polar surface area (TPSA) is 92.8 Å². The average Bonchev–Trinajstić information content (AvgIpc) is 3.45. The van der Waals surface area contributed by atoms with E-state index in [4.69, 9.17) is 27.9 Å². The number of halogens is 2. The van der Waals surface area contributed by atoms with Gasteiger partial charge in [0.25, 0.3) is 5.91 Å². The van der Waals surface area contributed by atoms with Gasteiger partial charge in [-0.15, -0.1) is 23.2 Å². The van der Waals surface area contributed by atoms with Gasteiger partial charge in [0.05, 0.1) is 33.8 Å². The van der Waals surface area contributed by atoms with E-state index >= 15 is 0 Å². The Balaban J connectivity index is 1.22. The number of carbonyl (C=O) groups is 4. The van der Waals surface area contributed by atoms with Crippen molar-refractivity contribution in [1.29, 1.82) is 0 Å². The van der Waals surface area contributed by atoms with E-state index in [9.17, 15) is 19.2 Å². The Bertz CT molecular complexity index is 1180. The van der Waals surface area contributed by atoms with Crippen LogP contribution in [0, 0.1) is 37.5 Å². The highest BCUT2D eigenvalue weighted by Gasteiger charge is 2.66. The molecule has 3 aliphatic rings. The molecule has 2 bridgehead atoms. The van der Waals surface area contributed by atoms with E-state index in [0.717, 1.165) is 11.1 Å². The lowest BCUT2D eigenvalue weighted by Crippen LogP contribution is -2.37. The van der Waals surface area contributed by atoms with Gasteiger partial charge >= 0.3 is 5.97 Å². The molecular formula is C26H24Cl2N2O5. The number of carbonyl (C=O) groups excluding carboxylic acids is 4. The van der Waals surface area contributed by atoms with Crippen LogP contribution in [0.4, 0.5) is 11.4 Å². The molecule has 3 amide bonds. The number of esters is 1. The second-order valence-corrected chi connectivity index (χ2v) is 10.5. The minimum atomic E-state index is -0.683. The van der Waals surface area contributed by atoms with E-state index in [1.165, 1.54) is 29.2 Å². The number of hydrogen-bond donors (Lipinski definition) is 1. The molecule has 182 valence electrons. The number of hydrogen-bond acceptors (Lipinski definition) is 5. The van der Waals surface area contributed by atoms with Gasteiger partial charge in [-0.05, 0) is 67.5 Å². The predicted molar refractivity (Wildman–Crippen MR) is 132 cm³/mol. The summed E-state index contributed by atoms with van der Waals surface area (Å²) in [6.07, 6.45) is 0.699. The van der Waals surface area contributed by atoms with E-state index < -0.39 is 30.3 Å². The Morgan fingerprint density at radius 3 is 2.03 bits per heavy atom. The number of aryl methyl sites for hydroxylation is 2. The summed E-state index contributed by atoms with van der Waals surface area (Å²) in [7, 11) is 0. The van der Waals surface area contributed by atoms with Gasteiger partial charge in [0, 0.05) is 5.69 Å². The first-order valence-corrected chi connectivity index (χ1v) is 12.4. The first kappa shape index (κ1) is 23.8. The van der Waals surface area contributed by atoms with Crippen LogP contribution in [-0.2, 0) is 19.1 Å². The molecule has 35 heavy (non-hydrogen) atoms. The zero-order valence-corrected chi connectivity index (χ0v) is 20.7. The lowest BCUT2D eigenvalue weighted by Gasteiger charge is -2.28. The number of amides is 3. The zero-order chi connectivity index (χ0) is 25.0. The summed E-state index contributed by atoms with van der Waals surface area (Å²) in [6, 6.07) is 11.7. The standard InChI is InChI=1S/C26H24Cl2N2O5/c1-12-4-3-5-13(2)23(12)29-18(31)11-35-26(34)14-6-8-15(9-7-14)30-24(32)19-16-10-17(20(19)25(30)33)22(28)21(16)27/h3-9,16-17,19-22H,10-11H2,1-2H3,(H,29,31)/t16-,17-,19-,20-,21+,22+/m1/s1. The fourth-order valence-electron chi connectivity index (χ4n) is 5.75. The molecule has 5 rings (SSSR count). The molecule has 2 aromatic rings. The summed E-state index contributed by atoms with van der Waals surface area (Å²) in [5, 5.41) is 2.13. The first-order chi connectivity index (χ1) is 16.7. The average molecular weight is 515 g/mol. The molecule has 9 heteroatoms. The third-order valence-corrected chi connectivity index (χ3v) is 8.75. The van der Waals surface area contributed by atoms with Crippen LogP contribution in [0.15, 0.2) is 42.5 Å². The quantitative estimate of drug-likeness (QED) is 0.368. The van der Waals surface area contributed by atoms with E-state index in [1.54, 1.807) is 0 Å². The Morgan fingerprint density at radius 2 is 1.49 bits per heavy atom. The molecular weight excluding hydrogens is 491 g/mol. The van der Waals surface area contributed by atoms with Crippen LogP contribution in [0.5, 0.6) is 0 Å². The van der Waals surface area contributed by atoms with Crippen molar-refractivity contribution in [2.24, 2.45) is 23.7 Å². The molecule has 1 aliphatic heterocycles. The summed E-state index contributed by atoms with van der Waals surface area (Å²) < 4.78 is 5.14. The molecule has 2 aliphatic carbocycles. The summed E-state index contributed by atoms with van der Waals surface area (Å²) in [5.41, 5.74) is 3.10. The number of benzene rings is 2. The van der Waals surface area contributed by atoms with Crippen molar-refractivity contribution in [3.05, 3.63) is 59.2 Å². The van der Waals surface area contributed by atoms with Crippen molar-refractivity contribution in [3.63, 3.8) is 0 Å². The highest BCUT2D eigenvalue weighted by molar-refractivity contribution is 6.32. The van der Waals surface area contributed by atoms with Crippen LogP contribution in [-0.4, -0.2) is 41.1 Å². The van der Waals surface area contributed by atoms with Gasteiger partial charge in [-0.25, -0.2) is 4.79 Å². The van der Waals surface area contributed by atoms with Crippen LogP contribution in [0.25, 0.3) is 0 Å². The van der Waals surface area contributed by atoms with E-state index in [2.05, 4.69) is 5.32 Å². The third-order valence-electron chi connectivity index (χ3n) is 7.43. The maximum atomic E-state index is 13.1. The molecule has 1 heterocycles. The van der Waals surface area contributed by atoms with Gasteiger partial charge < -0.3 is 10.1 Å². The van der Waals surface area contributed by atoms with Crippen LogP contribution in [0.2, 0.25) is 0 Å². The number of nitrogens with zero attached hydrogens (tertiary/aromatic N) is 1. The number of nitrogens with one attached hydrogen (secondary N) is 1. The molecule has 0 radical (unpaired) electrons. The summed E-state index contributed by atoms with van der Waals surface area (Å²) >= 11 is 12.8. The van der Waals surface area contributed by atoms with Gasteiger partial charge in [0.15, 0.2) is 6.61 Å². The Morgan fingerprint density at radius 1 is 0.943 bits per heavy atom. The predicted octanol–water partition coefficient (Wildman–Crippen LogP) is 4.07. The molecule has 7 nitrogen and oxygen atoms in total. The van der Waals surface area contributed by atoms with Crippen molar-refractivity contribution < 1.29 is 23.9 Å². The Hall–Kier alpha value is -2.90. The van der Waals surface area contributed by atoms with Crippen LogP contribution in [0.3, 0.4) is 0 Å². The smallest absolute Gasteiger partial charge is 0.338 e. The molecule has 0 unspecified atom stereocenters. The highest BCUT2D eigenvalue weighted by Crippen LogP contribution is 2.59. The monoisotopic (exact) mass is 514 g/mol. The SMILES string of the molecule is Cc1cccc(C)c1NC(=O)COC(=O)c1ccc(N2C(=O)[C@@H]3[C@H]4C[C@@H]([C@H](Cl)[C@H]4Cl)[C@H]3C2=O)cc1. The van der Waals surface area contributed by atoms with Crippen molar-refractivity contribution in [2.45, 2.75) is 31.0 Å². The highest BCUT2D eigenvalue weighted by atomic mass is 35.5. The lowest BCUT2D eigenvalue weighted by atomic mass is 9.80. The molecule has 2 saturated carbocycles. The summed E-state index contributed by atoms with van der Waals surface area (Å²) in [5.74, 6) is -2.73. The molecule has 0 aromatic heterocycles. The number of anilines is 2. The van der Waals surface area contributed by atoms with Gasteiger partial charge in [0.1, 0.15) is 0 Å². The van der Waals surface area contributed by atoms with Crippen molar-refractivity contribution in [3.8, 4) is 0 Å². The van der Waals surface area contributed by atoms with Gasteiger partial charge in [-0.2, -0.15) is 0 Å². The fraction of sp³-hybridized carbons (Fsp3) is 0.385. The van der Waals surface area contributed by atoms with Gasteiger partial charge in [0.2, 0.25) is 11.8 Å². The van der Waals surface area contributed by atoms with E-state index in [1.807, 2.05) is 32.0 Å². The van der Waals surface area contributed by atoms with Gasteiger partial charge in [-0.1, -0.05) is 18.2 Å². The summed E-state index contributed by atoms with van der Waals surface area (Å²) in [6.45, 7) is 3.32. The number of fused-ring (bicyclic) bond motifs is 5.